The van der Waals surface area contributed by atoms with E-state index in [1.54, 1.807) is 16.4 Å². The van der Waals surface area contributed by atoms with Gasteiger partial charge in [0.1, 0.15) is 0 Å². The van der Waals surface area contributed by atoms with Crippen LogP contribution in [0.25, 0.3) is 0 Å². The van der Waals surface area contributed by atoms with Crippen molar-refractivity contribution in [2.45, 2.75) is 68.2 Å². The van der Waals surface area contributed by atoms with E-state index in [2.05, 4.69) is 24.0 Å². The summed E-state index contributed by atoms with van der Waals surface area (Å²) in [4.78, 5) is 3.14. The van der Waals surface area contributed by atoms with Gasteiger partial charge in [0.25, 0.3) is 10.0 Å². The zero-order chi connectivity index (χ0) is 21.9. The first-order chi connectivity index (χ1) is 15.5. The lowest BCUT2D eigenvalue weighted by atomic mass is 9.61. The van der Waals surface area contributed by atoms with E-state index >= 15 is 0 Å². The van der Waals surface area contributed by atoms with Gasteiger partial charge in [-0.2, -0.15) is 0 Å². The fourth-order valence-corrected chi connectivity index (χ4v) is 8.72. The molecule has 3 unspecified atom stereocenters. The van der Waals surface area contributed by atoms with Crippen molar-refractivity contribution in [1.82, 2.24) is 4.90 Å². The molecule has 1 spiro atoms. The number of likely N-dealkylation sites (tertiary alicyclic amines) is 1. The molecule has 0 bridgehead atoms. The number of benzene rings is 2. The van der Waals surface area contributed by atoms with Crippen LogP contribution >= 0.6 is 0 Å². The van der Waals surface area contributed by atoms with Crippen LogP contribution in [0, 0.1) is 18.8 Å². The molecule has 2 aromatic rings. The van der Waals surface area contributed by atoms with Gasteiger partial charge in [-0.1, -0.05) is 55.2 Å². The number of hydrogen-bond donors (Lipinski definition) is 0. The molecule has 2 heterocycles. The molecule has 4 aliphatic rings. The van der Waals surface area contributed by atoms with Crippen LogP contribution in [0.3, 0.4) is 0 Å². The molecule has 6 rings (SSSR count). The van der Waals surface area contributed by atoms with Gasteiger partial charge in [0.05, 0.1) is 10.6 Å². The second-order valence-corrected chi connectivity index (χ2v) is 12.5. The number of aryl methyl sites for hydroxylation is 1. The van der Waals surface area contributed by atoms with Gasteiger partial charge >= 0.3 is 0 Å². The number of rotatable bonds is 3. The molecule has 4 nitrogen and oxygen atoms in total. The van der Waals surface area contributed by atoms with E-state index in [-0.39, 0.29) is 5.41 Å². The zero-order valence-electron chi connectivity index (χ0n) is 19.0. The first-order valence-corrected chi connectivity index (χ1v) is 13.8. The van der Waals surface area contributed by atoms with E-state index in [4.69, 9.17) is 0 Å². The SMILES string of the molecule is Cc1ccc2c(c1)C1(CCN(C3CC4CCCCC43)CC1)CN2S(=O)(=O)c1ccccc1. The number of anilines is 1. The molecule has 1 saturated heterocycles. The normalized spacial score (nSPS) is 29.4. The Labute approximate surface area is 192 Å². The monoisotopic (exact) mass is 450 g/mol. The number of sulfonamides is 1. The predicted molar refractivity (Wildman–Crippen MR) is 128 cm³/mol. The summed E-state index contributed by atoms with van der Waals surface area (Å²) in [5.41, 5.74) is 3.30. The Hall–Kier alpha value is -1.85. The molecule has 32 heavy (non-hydrogen) atoms. The highest BCUT2D eigenvalue weighted by atomic mass is 32.2. The third kappa shape index (κ3) is 3.15. The van der Waals surface area contributed by atoms with Gasteiger partial charge in [0, 0.05) is 18.0 Å². The number of piperidine rings is 1. The van der Waals surface area contributed by atoms with Crippen molar-refractivity contribution in [3.05, 3.63) is 59.7 Å². The summed E-state index contributed by atoms with van der Waals surface area (Å²) in [6.45, 7) is 4.89. The van der Waals surface area contributed by atoms with Crippen molar-refractivity contribution >= 4 is 15.7 Å². The van der Waals surface area contributed by atoms with E-state index in [0.717, 1.165) is 49.5 Å². The van der Waals surface area contributed by atoms with E-state index in [0.29, 0.717) is 11.4 Å². The fourth-order valence-electron chi connectivity index (χ4n) is 7.13. The highest BCUT2D eigenvalue weighted by molar-refractivity contribution is 7.92. The summed E-state index contributed by atoms with van der Waals surface area (Å²) in [6, 6.07) is 16.0. The Balaban J connectivity index is 1.28. The van der Waals surface area contributed by atoms with Gasteiger partial charge in [-0.05, 0) is 81.3 Å². The van der Waals surface area contributed by atoms with E-state index in [1.807, 2.05) is 24.3 Å². The third-order valence-corrected chi connectivity index (χ3v) is 10.8. The molecule has 2 aliphatic heterocycles. The maximum Gasteiger partial charge on any atom is 0.264 e. The molecule has 0 N–H and O–H groups in total. The van der Waals surface area contributed by atoms with Crippen LogP contribution in [0.4, 0.5) is 5.69 Å². The highest BCUT2D eigenvalue weighted by Gasteiger charge is 2.51. The Morgan fingerprint density at radius 1 is 0.969 bits per heavy atom. The molecule has 2 aromatic carbocycles. The minimum Gasteiger partial charge on any atom is -0.300 e. The molecule has 170 valence electrons. The minimum absolute atomic E-state index is 0.0601. The van der Waals surface area contributed by atoms with Crippen LogP contribution in [0.5, 0.6) is 0 Å². The summed E-state index contributed by atoms with van der Waals surface area (Å²) in [6.07, 6.45) is 9.20. The lowest BCUT2D eigenvalue weighted by molar-refractivity contribution is -0.0380. The van der Waals surface area contributed by atoms with Crippen LogP contribution < -0.4 is 4.31 Å². The molecule has 3 fully saturated rings. The van der Waals surface area contributed by atoms with Crippen molar-refractivity contribution in [3.8, 4) is 0 Å². The topological polar surface area (TPSA) is 40.6 Å². The van der Waals surface area contributed by atoms with Gasteiger partial charge in [-0.25, -0.2) is 8.42 Å². The molecule has 2 saturated carbocycles. The van der Waals surface area contributed by atoms with Crippen LogP contribution in [0.15, 0.2) is 53.4 Å². The Morgan fingerprint density at radius 2 is 1.72 bits per heavy atom. The first kappa shape index (κ1) is 20.7. The molecule has 3 atom stereocenters. The van der Waals surface area contributed by atoms with E-state index < -0.39 is 10.0 Å². The quantitative estimate of drug-likeness (QED) is 0.652. The van der Waals surface area contributed by atoms with Crippen LogP contribution in [-0.4, -0.2) is 39.0 Å². The van der Waals surface area contributed by atoms with E-state index in [9.17, 15) is 8.42 Å². The summed E-state index contributed by atoms with van der Waals surface area (Å²) in [5.74, 6) is 1.90. The van der Waals surface area contributed by atoms with Crippen molar-refractivity contribution in [3.63, 3.8) is 0 Å². The third-order valence-electron chi connectivity index (χ3n) is 9.00. The second kappa shape index (κ2) is 7.59. The van der Waals surface area contributed by atoms with Gasteiger partial charge in [0.15, 0.2) is 0 Å². The highest BCUT2D eigenvalue weighted by Crippen LogP contribution is 2.52. The summed E-state index contributed by atoms with van der Waals surface area (Å²) < 4.78 is 28.9. The summed E-state index contributed by atoms with van der Waals surface area (Å²) in [5, 5.41) is 0. The van der Waals surface area contributed by atoms with Gasteiger partial charge in [-0.15, -0.1) is 0 Å². The average molecular weight is 451 g/mol. The minimum atomic E-state index is -3.56. The number of nitrogens with zero attached hydrogens (tertiary/aromatic N) is 2. The molecule has 2 aliphatic carbocycles. The fraction of sp³-hybridized carbons (Fsp3) is 0.556. The molecule has 5 heteroatoms. The summed E-state index contributed by atoms with van der Waals surface area (Å²) >= 11 is 0. The molecule has 0 radical (unpaired) electrons. The molecule has 0 amide bonds. The van der Waals surface area contributed by atoms with Crippen molar-refractivity contribution in [1.29, 1.82) is 0 Å². The van der Waals surface area contributed by atoms with Gasteiger partial charge in [-0.3, -0.25) is 4.31 Å². The molecule has 0 aromatic heterocycles. The van der Waals surface area contributed by atoms with Crippen LogP contribution in [0.2, 0.25) is 0 Å². The van der Waals surface area contributed by atoms with Gasteiger partial charge < -0.3 is 4.90 Å². The zero-order valence-corrected chi connectivity index (χ0v) is 19.9. The standard InChI is InChI=1S/C27H34N2O2S/c1-20-11-12-25-24(17-20)27(19-29(25)32(30,31)22-8-3-2-4-9-22)13-15-28(16-14-27)26-18-21-7-5-6-10-23(21)26/h2-4,8-9,11-12,17,21,23,26H,5-7,10,13-16,18-19H2,1H3. The lowest BCUT2D eigenvalue weighted by Crippen LogP contribution is -2.57. The van der Waals surface area contributed by atoms with Crippen LogP contribution in [-0.2, 0) is 15.4 Å². The molecular weight excluding hydrogens is 416 g/mol. The summed E-state index contributed by atoms with van der Waals surface area (Å²) in [7, 11) is -3.56. The number of fused-ring (bicyclic) bond motifs is 3. The number of hydrogen-bond acceptors (Lipinski definition) is 3. The maximum absolute atomic E-state index is 13.6. The average Bonchev–Trinajstić information content (AvgIpc) is 3.11. The smallest absolute Gasteiger partial charge is 0.264 e. The van der Waals surface area contributed by atoms with Crippen molar-refractivity contribution in [2.24, 2.45) is 11.8 Å². The lowest BCUT2D eigenvalue weighted by Gasteiger charge is -2.55. The predicted octanol–water partition coefficient (Wildman–Crippen LogP) is 5.12. The second-order valence-electron chi connectivity index (χ2n) is 10.7. The Bertz CT molecular complexity index is 1110. The largest absolute Gasteiger partial charge is 0.300 e. The van der Waals surface area contributed by atoms with Crippen molar-refractivity contribution in [2.75, 3.05) is 23.9 Å². The maximum atomic E-state index is 13.6. The Morgan fingerprint density at radius 3 is 2.47 bits per heavy atom. The van der Waals surface area contributed by atoms with E-state index in [1.165, 1.54) is 43.2 Å². The van der Waals surface area contributed by atoms with Gasteiger partial charge in [0.2, 0.25) is 0 Å². The van der Waals surface area contributed by atoms with Crippen molar-refractivity contribution < 1.29 is 8.42 Å². The molecular formula is C27H34N2O2S. The van der Waals surface area contributed by atoms with Crippen LogP contribution in [0.1, 0.15) is 56.1 Å². The Kier molecular flexibility index (Phi) is 4.92. The first-order valence-electron chi connectivity index (χ1n) is 12.4.